The number of halogens is 3. The van der Waals surface area contributed by atoms with Crippen LogP contribution in [-0.4, -0.2) is 37.9 Å². The highest BCUT2D eigenvalue weighted by molar-refractivity contribution is 6.03. The molecule has 166 valence electrons. The van der Waals surface area contributed by atoms with Crippen LogP contribution in [-0.2, 0) is 11.8 Å². The zero-order valence-corrected chi connectivity index (χ0v) is 16.7. The van der Waals surface area contributed by atoms with Gasteiger partial charge in [-0.25, -0.2) is 9.78 Å². The van der Waals surface area contributed by atoms with Gasteiger partial charge in [-0.1, -0.05) is 0 Å². The number of imide groups is 1. The highest BCUT2D eigenvalue weighted by Crippen LogP contribution is 2.57. The van der Waals surface area contributed by atoms with E-state index in [9.17, 15) is 22.8 Å². The summed E-state index contributed by atoms with van der Waals surface area (Å²) in [4.78, 5) is 31.9. The van der Waals surface area contributed by atoms with Gasteiger partial charge in [0.15, 0.2) is 0 Å². The van der Waals surface area contributed by atoms with Crippen molar-refractivity contribution in [2.24, 2.45) is 12.5 Å². The largest absolute Gasteiger partial charge is 0.456 e. The molecule has 0 aromatic carbocycles. The lowest BCUT2D eigenvalue weighted by molar-refractivity contribution is -0.191. The van der Waals surface area contributed by atoms with E-state index >= 15 is 0 Å². The van der Waals surface area contributed by atoms with Crippen LogP contribution in [0.25, 0.3) is 11.3 Å². The number of aromatic nitrogens is 4. The molecule has 3 amide bonds. The molecule has 2 N–H and O–H groups in total. The fourth-order valence-corrected chi connectivity index (χ4v) is 2.97. The summed E-state index contributed by atoms with van der Waals surface area (Å²) in [6.45, 7) is 0. The van der Waals surface area contributed by atoms with E-state index in [1.807, 2.05) is 6.20 Å². The Morgan fingerprint density at radius 3 is 2.50 bits per heavy atom. The average Bonchev–Trinajstić information content (AvgIpc) is 3.46. The molecule has 9 nitrogen and oxygen atoms in total. The Bertz CT molecular complexity index is 1160. The maximum absolute atomic E-state index is 12.9. The quantitative estimate of drug-likeness (QED) is 0.619. The van der Waals surface area contributed by atoms with E-state index in [0.717, 1.165) is 5.56 Å². The van der Waals surface area contributed by atoms with E-state index in [-0.39, 0.29) is 18.7 Å². The van der Waals surface area contributed by atoms with Gasteiger partial charge in [0.2, 0.25) is 5.91 Å². The van der Waals surface area contributed by atoms with Gasteiger partial charge in [-0.05, 0) is 31.0 Å². The third-order valence-corrected chi connectivity index (χ3v) is 4.90. The van der Waals surface area contributed by atoms with Crippen LogP contribution in [0.2, 0.25) is 0 Å². The fourth-order valence-electron chi connectivity index (χ4n) is 2.97. The number of anilines is 1. The number of aryl methyl sites for hydroxylation is 1. The van der Waals surface area contributed by atoms with E-state index in [1.165, 1.54) is 18.3 Å². The van der Waals surface area contributed by atoms with Gasteiger partial charge in [-0.15, -0.1) is 0 Å². The predicted octanol–water partition coefficient (Wildman–Crippen LogP) is 3.66. The molecule has 1 saturated carbocycles. The molecule has 1 aliphatic rings. The summed E-state index contributed by atoms with van der Waals surface area (Å²) in [7, 11) is 1.79. The van der Waals surface area contributed by atoms with Crippen molar-refractivity contribution < 1.29 is 27.5 Å². The van der Waals surface area contributed by atoms with Gasteiger partial charge >= 0.3 is 12.2 Å². The second kappa shape index (κ2) is 7.94. The first-order valence-corrected chi connectivity index (χ1v) is 9.44. The molecule has 3 aromatic rings. The monoisotopic (exact) mass is 446 g/mol. The van der Waals surface area contributed by atoms with Crippen molar-refractivity contribution in [2.45, 2.75) is 19.0 Å². The van der Waals surface area contributed by atoms with Crippen LogP contribution in [0.15, 0.2) is 49.1 Å². The molecule has 32 heavy (non-hydrogen) atoms. The maximum atomic E-state index is 12.9. The highest BCUT2D eigenvalue weighted by Gasteiger charge is 2.68. The van der Waals surface area contributed by atoms with Crippen LogP contribution in [0, 0.1) is 5.41 Å². The molecule has 0 unspecified atom stereocenters. The molecule has 3 heterocycles. The summed E-state index contributed by atoms with van der Waals surface area (Å²) in [6, 6.07) is 5.17. The molecule has 4 rings (SSSR count). The van der Waals surface area contributed by atoms with Crippen molar-refractivity contribution in [3.63, 3.8) is 0 Å². The van der Waals surface area contributed by atoms with Crippen molar-refractivity contribution in [1.82, 2.24) is 25.1 Å². The minimum atomic E-state index is -4.70. The molecular formula is C20H17F3N6O3. The van der Waals surface area contributed by atoms with Crippen LogP contribution in [0.1, 0.15) is 12.8 Å². The normalized spacial score (nSPS) is 14.5. The van der Waals surface area contributed by atoms with E-state index in [1.54, 1.807) is 41.6 Å². The Hall–Kier alpha value is -3.96. The van der Waals surface area contributed by atoms with Crippen LogP contribution in [0.4, 0.5) is 23.8 Å². The summed E-state index contributed by atoms with van der Waals surface area (Å²) in [5.74, 6) is -0.495. The Morgan fingerprint density at radius 1 is 1.12 bits per heavy atom. The molecule has 0 atom stereocenters. The zero-order chi connectivity index (χ0) is 22.9. The summed E-state index contributed by atoms with van der Waals surface area (Å²) in [5, 5.41) is 8.04. The van der Waals surface area contributed by atoms with Crippen LogP contribution < -0.4 is 15.4 Å². The maximum Gasteiger partial charge on any atom is 0.403 e. The number of hydrogen-bond donors (Lipinski definition) is 2. The number of amides is 3. The van der Waals surface area contributed by atoms with E-state index in [0.29, 0.717) is 17.2 Å². The van der Waals surface area contributed by atoms with Crippen molar-refractivity contribution in [2.75, 3.05) is 5.32 Å². The molecule has 12 heteroatoms. The third-order valence-electron chi connectivity index (χ3n) is 4.90. The summed E-state index contributed by atoms with van der Waals surface area (Å²) >= 11 is 0. The van der Waals surface area contributed by atoms with Crippen LogP contribution in [0.5, 0.6) is 11.5 Å². The van der Waals surface area contributed by atoms with Crippen molar-refractivity contribution >= 4 is 17.8 Å². The molecule has 0 bridgehead atoms. The number of nitrogens with one attached hydrogen (secondary N) is 2. The van der Waals surface area contributed by atoms with E-state index in [2.05, 4.69) is 20.4 Å². The zero-order valence-electron chi connectivity index (χ0n) is 16.7. The standard InChI is InChI=1S/C20H17F3N6O3/c1-29-11-12(9-26-29)15-8-13(4-7-24-15)32-14-2-3-16(25-10-14)27-18(31)28-17(30)19(5-6-19)20(21,22)23/h2-4,7-11H,5-6H2,1H3,(H2,25,27,28,30,31). The smallest absolute Gasteiger partial charge is 0.403 e. The topological polar surface area (TPSA) is 111 Å². The number of pyridine rings is 2. The first-order chi connectivity index (χ1) is 15.2. The van der Waals surface area contributed by atoms with Gasteiger partial charge in [0.05, 0.1) is 18.1 Å². The molecule has 3 aromatic heterocycles. The van der Waals surface area contributed by atoms with Gasteiger partial charge < -0.3 is 4.74 Å². The summed E-state index contributed by atoms with van der Waals surface area (Å²) < 4.78 is 46.2. The fraction of sp³-hybridized carbons (Fsp3) is 0.250. The number of nitrogens with zero attached hydrogens (tertiary/aromatic N) is 4. The summed E-state index contributed by atoms with van der Waals surface area (Å²) in [5.41, 5.74) is -1.00. The lowest BCUT2D eigenvalue weighted by Crippen LogP contribution is -2.45. The Kier molecular flexibility index (Phi) is 5.28. The summed E-state index contributed by atoms with van der Waals surface area (Å²) in [6.07, 6.45) is 1.01. The number of rotatable bonds is 5. The molecule has 1 aliphatic carbocycles. The number of urea groups is 1. The van der Waals surface area contributed by atoms with Gasteiger partial charge in [0, 0.05) is 31.1 Å². The first-order valence-electron chi connectivity index (χ1n) is 9.44. The average molecular weight is 446 g/mol. The number of ether oxygens (including phenoxy) is 1. The molecule has 0 spiro atoms. The lowest BCUT2D eigenvalue weighted by Gasteiger charge is -2.17. The molecular weight excluding hydrogens is 429 g/mol. The number of carbonyl (C=O) groups excluding carboxylic acids is 2. The Labute approximate surface area is 179 Å². The van der Waals surface area contributed by atoms with Crippen molar-refractivity contribution in [1.29, 1.82) is 0 Å². The van der Waals surface area contributed by atoms with Crippen molar-refractivity contribution in [3.8, 4) is 22.8 Å². The Balaban J connectivity index is 1.36. The van der Waals surface area contributed by atoms with Gasteiger partial charge in [-0.2, -0.15) is 18.3 Å². The van der Waals surface area contributed by atoms with Gasteiger partial charge in [0.25, 0.3) is 0 Å². The second-order valence-corrected chi connectivity index (χ2v) is 7.25. The number of alkyl halides is 3. The van der Waals surface area contributed by atoms with E-state index < -0.39 is 23.5 Å². The van der Waals surface area contributed by atoms with Crippen LogP contribution >= 0.6 is 0 Å². The first kappa shape index (κ1) is 21.3. The Morgan fingerprint density at radius 2 is 1.91 bits per heavy atom. The van der Waals surface area contributed by atoms with Gasteiger partial charge in [0.1, 0.15) is 22.7 Å². The molecule has 0 saturated heterocycles. The molecule has 0 radical (unpaired) electrons. The highest BCUT2D eigenvalue weighted by atomic mass is 19.4. The minimum absolute atomic E-state index is 0.0327. The SMILES string of the molecule is Cn1cc(-c2cc(Oc3ccc(NC(=O)NC(=O)C4(C(F)(F)F)CC4)nc3)ccn2)cn1. The number of hydrogen-bond acceptors (Lipinski definition) is 6. The molecule has 1 fully saturated rings. The second-order valence-electron chi connectivity index (χ2n) is 7.25. The van der Waals surface area contributed by atoms with Gasteiger partial charge in [-0.3, -0.25) is 25.1 Å². The third kappa shape index (κ3) is 4.38. The lowest BCUT2D eigenvalue weighted by atomic mass is 10.1. The minimum Gasteiger partial charge on any atom is -0.456 e. The number of carbonyl (C=O) groups is 2. The predicted molar refractivity (Wildman–Crippen MR) is 106 cm³/mol. The van der Waals surface area contributed by atoms with Crippen molar-refractivity contribution in [3.05, 3.63) is 49.1 Å². The van der Waals surface area contributed by atoms with Crippen LogP contribution in [0.3, 0.4) is 0 Å². The van der Waals surface area contributed by atoms with E-state index in [4.69, 9.17) is 4.74 Å². The molecule has 0 aliphatic heterocycles.